The van der Waals surface area contributed by atoms with Crippen molar-refractivity contribution in [2.75, 3.05) is 0 Å². The van der Waals surface area contributed by atoms with Crippen molar-refractivity contribution in [3.8, 4) is 0 Å². The summed E-state index contributed by atoms with van der Waals surface area (Å²) in [6, 6.07) is 0.984. The Morgan fingerprint density at radius 3 is 2.72 bits per heavy atom. The Morgan fingerprint density at radius 2 is 2.17 bits per heavy atom. The highest BCUT2D eigenvalue weighted by atomic mass is 79.9. The van der Waals surface area contributed by atoms with Gasteiger partial charge in [0.25, 0.3) is 0 Å². The van der Waals surface area contributed by atoms with Crippen LogP contribution in [0.5, 0.6) is 0 Å². The number of aliphatic hydroxyl groups is 1. The van der Waals surface area contributed by atoms with Crippen molar-refractivity contribution < 1.29 is 13.5 Å². The van der Waals surface area contributed by atoms with E-state index in [2.05, 4.69) is 25.6 Å². The molecule has 102 valence electrons. The van der Waals surface area contributed by atoms with Crippen molar-refractivity contribution in [2.24, 2.45) is 0 Å². The quantitative estimate of drug-likeness (QED) is 0.789. The largest absolute Gasteiger partial charge is 0.393 e. The Kier molecular flexibility index (Phi) is 5.54. The lowest BCUT2D eigenvalue weighted by Crippen LogP contribution is -2.34. The first kappa shape index (κ1) is 15.8. The molecule has 18 heavy (non-hydrogen) atoms. The van der Waals surface area contributed by atoms with Gasteiger partial charge >= 0.3 is 0 Å². The van der Waals surface area contributed by atoms with Crippen molar-refractivity contribution in [1.29, 1.82) is 0 Å². The van der Waals surface area contributed by atoms with Crippen LogP contribution in [0.4, 0.5) is 0 Å². The number of halogens is 2. The van der Waals surface area contributed by atoms with Crippen LogP contribution >= 0.6 is 27.5 Å². The van der Waals surface area contributed by atoms with E-state index in [1.165, 1.54) is 12.3 Å². The topological polar surface area (TPSA) is 79.3 Å². The SMILES string of the molecule is CC(O)CC(C)NS(=O)(=O)c1cc(Br)cnc1Cl. The minimum atomic E-state index is -3.74. The fourth-order valence-corrected chi connectivity index (χ4v) is 3.68. The minimum Gasteiger partial charge on any atom is -0.393 e. The summed E-state index contributed by atoms with van der Waals surface area (Å²) in [5.74, 6) is 0. The monoisotopic (exact) mass is 356 g/mol. The summed E-state index contributed by atoms with van der Waals surface area (Å²) in [5, 5.41) is 9.12. The van der Waals surface area contributed by atoms with Crippen LogP contribution < -0.4 is 4.72 Å². The third kappa shape index (κ3) is 4.47. The minimum absolute atomic E-state index is 0.0871. The second-order valence-electron chi connectivity index (χ2n) is 4.05. The molecule has 0 saturated heterocycles. The van der Waals surface area contributed by atoms with E-state index in [0.717, 1.165) is 0 Å². The van der Waals surface area contributed by atoms with Gasteiger partial charge < -0.3 is 5.11 Å². The van der Waals surface area contributed by atoms with E-state index < -0.39 is 22.2 Å². The van der Waals surface area contributed by atoms with Crippen LogP contribution in [-0.2, 0) is 10.0 Å². The van der Waals surface area contributed by atoms with Gasteiger partial charge in [-0.2, -0.15) is 0 Å². The highest BCUT2D eigenvalue weighted by Gasteiger charge is 2.22. The highest BCUT2D eigenvalue weighted by Crippen LogP contribution is 2.22. The molecule has 0 radical (unpaired) electrons. The summed E-state index contributed by atoms with van der Waals surface area (Å²) in [7, 11) is -3.74. The Balaban J connectivity index is 2.96. The fourth-order valence-electron chi connectivity index (χ4n) is 1.48. The van der Waals surface area contributed by atoms with Gasteiger partial charge in [-0.15, -0.1) is 0 Å². The maximum absolute atomic E-state index is 12.1. The van der Waals surface area contributed by atoms with Gasteiger partial charge in [-0.25, -0.2) is 18.1 Å². The molecule has 0 spiro atoms. The summed E-state index contributed by atoms with van der Waals surface area (Å²) < 4.78 is 27.1. The first-order chi connectivity index (χ1) is 8.22. The predicted molar refractivity (Wildman–Crippen MR) is 73.0 cm³/mol. The van der Waals surface area contributed by atoms with Crippen LogP contribution in [0, 0.1) is 0 Å². The molecular weight excluding hydrogens is 344 g/mol. The molecule has 2 atom stereocenters. The standard InChI is InChI=1S/C10H14BrClN2O3S/c1-6(3-7(2)15)14-18(16,17)9-4-8(11)5-13-10(9)12/h4-7,14-15H,3H2,1-2H3. The Hall–Kier alpha value is -0.210. The summed E-state index contributed by atoms with van der Waals surface area (Å²) >= 11 is 8.91. The summed E-state index contributed by atoms with van der Waals surface area (Å²) in [4.78, 5) is 3.68. The van der Waals surface area contributed by atoms with Crippen molar-refractivity contribution >= 4 is 37.6 Å². The van der Waals surface area contributed by atoms with E-state index in [-0.39, 0.29) is 10.0 Å². The van der Waals surface area contributed by atoms with Crippen molar-refractivity contribution in [1.82, 2.24) is 9.71 Å². The smallest absolute Gasteiger partial charge is 0.243 e. The van der Waals surface area contributed by atoms with Gasteiger partial charge in [-0.05, 0) is 42.3 Å². The summed E-state index contributed by atoms with van der Waals surface area (Å²) in [6.07, 6.45) is 1.15. The first-order valence-corrected chi connectivity index (χ1v) is 7.89. The van der Waals surface area contributed by atoms with Crippen molar-refractivity contribution in [3.05, 3.63) is 21.9 Å². The lowest BCUT2D eigenvalue weighted by Gasteiger charge is -2.16. The van der Waals surface area contributed by atoms with Gasteiger partial charge in [0.2, 0.25) is 10.0 Å². The van der Waals surface area contributed by atoms with Gasteiger partial charge in [-0.3, -0.25) is 0 Å². The molecule has 1 heterocycles. The molecule has 0 aliphatic heterocycles. The second-order valence-corrected chi connectivity index (χ2v) is 7.01. The van der Waals surface area contributed by atoms with E-state index in [0.29, 0.717) is 10.9 Å². The molecule has 0 aliphatic rings. The van der Waals surface area contributed by atoms with Gasteiger partial charge in [0.1, 0.15) is 10.0 Å². The molecule has 0 bridgehead atoms. The molecule has 0 amide bonds. The number of nitrogens with one attached hydrogen (secondary N) is 1. The fraction of sp³-hybridized carbons (Fsp3) is 0.500. The van der Waals surface area contributed by atoms with Crippen LogP contribution in [0.3, 0.4) is 0 Å². The average Bonchev–Trinajstić information content (AvgIpc) is 2.19. The molecule has 2 unspecified atom stereocenters. The molecule has 1 aromatic heterocycles. The van der Waals surface area contributed by atoms with Gasteiger partial charge in [0.05, 0.1) is 6.10 Å². The molecule has 0 aliphatic carbocycles. The lowest BCUT2D eigenvalue weighted by molar-refractivity contribution is 0.175. The van der Waals surface area contributed by atoms with Crippen LogP contribution in [0.2, 0.25) is 5.15 Å². The molecular formula is C10H14BrClN2O3S. The molecule has 0 aromatic carbocycles. The Bertz CT molecular complexity index is 522. The van der Waals surface area contributed by atoms with Gasteiger partial charge in [0, 0.05) is 16.7 Å². The van der Waals surface area contributed by atoms with E-state index in [9.17, 15) is 13.5 Å². The number of aromatic nitrogens is 1. The molecule has 1 aromatic rings. The molecule has 5 nitrogen and oxygen atoms in total. The van der Waals surface area contributed by atoms with Gasteiger partial charge in [0.15, 0.2) is 0 Å². The van der Waals surface area contributed by atoms with E-state index >= 15 is 0 Å². The highest BCUT2D eigenvalue weighted by molar-refractivity contribution is 9.10. The predicted octanol–water partition coefficient (Wildman–Crippen LogP) is 1.94. The summed E-state index contributed by atoms with van der Waals surface area (Å²) in [6.45, 7) is 3.27. The molecule has 1 rings (SSSR count). The zero-order chi connectivity index (χ0) is 13.9. The maximum Gasteiger partial charge on any atom is 0.243 e. The lowest BCUT2D eigenvalue weighted by atomic mass is 10.2. The number of rotatable bonds is 5. The number of hydrogen-bond donors (Lipinski definition) is 2. The molecule has 8 heteroatoms. The molecule has 0 saturated carbocycles. The zero-order valence-corrected chi connectivity index (χ0v) is 13.1. The average molecular weight is 358 g/mol. The van der Waals surface area contributed by atoms with E-state index in [1.54, 1.807) is 13.8 Å². The number of hydrogen-bond acceptors (Lipinski definition) is 4. The molecule has 0 fully saturated rings. The third-order valence-corrected chi connectivity index (χ3v) is 4.56. The Morgan fingerprint density at radius 1 is 1.56 bits per heavy atom. The first-order valence-electron chi connectivity index (χ1n) is 5.24. The molecule has 2 N–H and O–H groups in total. The second kappa shape index (κ2) is 6.29. The van der Waals surface area contributed by atoms with E-state index in [4.69, 9.17) is 11.6 Å². The number of pyridine rings is 1. The number of aliphatic hydroxyl groups excluding tert-OH is 1. The van der Waals surface area contributed by atoms with Gasteiger partial charge in [-0.1, -0.05) is 11.6 Å². The van der Waals surface area contributed by atoms with Crippen LogP contribution in [0.15, 0.2) is 21.6 Å². The summed E-state index contributed by atoms with van der Waals surface area (Å²) in [5.41, 5.74) is 0. The number of nitrogens with zero attached hydrogens (tertiary/aromatic N) is 1. The zero-order valence-electron chi connectivity index (χ0n) is 9.89. The van der Waals surface area contributed by atoms with Crippen LogP contribution in [0.1, 0.15) is 20.3 Å². The van der Waals surface area contributed by atoms with Crippen LogP contribution in [-0.4, -0.2) is 30.7 Å². The Labute approximate surface area is 120 Å². The van der Waals surface area contributed by atoms with Crippen molar-refractivity contribution in [3.63, 3.8) is 0 Å². The van der Waals surface area contributed by atoms with Crippen LogP contribution in [0.25, 0.3) is 0 Å². The van der Waals surface area contributed by atoms with E-state index in [1.807, 2.05) is 0 Å². The normalized spacial score (nSPS) is 15.4. The maximum atomic E-state index is 12.1. The number of sulfonamides is 1. The third-order valence-electron chi connectivity index (χ3n) is 2.11. The van der Waals surface area contributed by atoms with Crippen molar-refractivity contribution in [2.45, 2.75) is 37.3 Å².